The number of rotatable bonds is 4. The quantitative estimate of drug-likeness (QED) is 0.898. The molecule has 0 saturated carbocycles. The van der Waals surface area contributed by atoms with E-state index in [9.17, 15) is 13.5 Å². The zero-order chi connectivity index (χ0) is 13.2. The highest BCUT2D eigenvalue weighted by molar-refractivity contribution is 7.89. The lowest BCUT2D eigenvalue weighted by atomic mass is 10.1. The lowest BCUT2D eigenvalue weighted by Crippen LogP contribution is -2.29. The summed E-state index contributed by atoms with van der Waals surface area (Å²) in [5, 5.41) is 9.42. The monoisotopic (exact) mass is 269 g/mol. The minimum absolute atomic E-state index is 0.207. The smallest absolute Gasteiger partial charge is 0.243 e. The van der Waals surface area contributed by atoms with Crippen LogP contribution in [0.25, 0.3) is 0 Å². The molecular weight excluding hydrogens is 250 g/mol. The van der Waals surface area contributed by atoms with Gasteiger partial charge in [0.15, 0.2) is 0 Å². The van der Waals surface area contributed by atoms with Crippen LogP contribution in [0, 0.1) is 0 Å². The number of aliphatic hydroxyl groups is 1. The standard InChI is InChI=1S/C13H19NO3S/c1-2-3-11-4-6-13(7-5-11)18(16,17)14-9-8-12(15)10-14/h4-7,12,15H,2-3,8-10H2,1H3. The molecule has 2 rings (SSSR count). The van der Waals surface area contributed by atoms with Gasteiger partial charge in [-0.3, -0.25) is 0 Å². The van der Waals surface area contributed by atoms with Crippen LogP contribution in [0.2, 0.25) is 0 Å². The maximum Gasteiger partial charge on any atom is 0.243 e. The van der Waals surface area contributed by atoms with Crippen molar-refractivity contribution in [3.05, 3.63) is 29.8 Å². The molecule has 0 aromatic heterocycles. The Hall–Kier alpha value is -0.910. The van der Waals surface area contributed by atoms with E-state index >= 15 is 0 Å². The van der Waals surface area contributed by atoms with Crippen LogP contribution >= 0.6 is 0 Å². The molecule has 1 aromatic rings. The maximum atomic E-state index is 12.3. The number of nitrogens with zero attached hydrogens (tertiary/aromatic N) is 1. The van der Waals surface area contributed by atoms with Crippen LogP contribution in [0.15, 0.2) is 29.2 Å². The van der Waals surface area contributed by atoms with Crippen LogP contribution in [-0.4, -0.2) is 37.0 Å². The molecule has 1 saturated heterocycles. The van der Waals surface area contributed by atoms with E-state index in [0.717, 1.165) is 18.4 Å². The number of sulfonamides is 1. The summed E-state index contributed by atoms with van der Waals surface area (Å²) in [7, 11) is -3.43. The molecule has 5 heteroatoms. The van der Waals surface area contributed by atoms with Gasteiger partial charge in [-0.05, 0) is 30.5 Å². The van der Waals surface area contributed by atoms with E-state index in [-0.39, 0.29) is 6.54 Å². The molecule has 1 aliphatic rings. The zero-order valence-corrected chi connectivity index (χ0v) is 11.4. The fourth-order valence-electron chi connectivity index (χ4n) is 2.19. The summed E-state index contributed by atoms with van der Waals surface area (Å²) < 4.78 is 25.9. The number of aliphatic hydroxyl groups excluding tert-OH is 1. The summed E-state index contributed by atoms with van der Waals surface area (Å²) in [5.41, 5.74) is 1.15. The van der Waals surface area contributed by atoms with E-state index in [4.69, 9.17) is 0 Å². The first-order chi connectivity index (χ1) is 8.54. The van der Waals surface area contributed by atoms with Gasteiger partial charge >= 0.3 is 0 Å². The fraction of sp³-hybridized carbons (Fsp3) is 0.538. The first kappa shape index (κ1) is 13.5. The van der Waals surface area contributed by atoms with Gasteiger partial charge in [-0.25, -0.2) is 8.42 Å². The van der Waals surface area contributed by atoms with Crippen molar-refractivity contribution in [1.82, 2.24) is 4.31 Å². The molecule has 1 fully saturated rings. The second-order valence-electron chi connectivity index (χ2n) is 4.70. The summed E-state index contributed by atoms with van der Waals surface area (Å²) in [5.74, 6) is 0. The Morgan fingerprint density at radius 2 is 2.00 bits per heavy atom. The molecule has 1 aromatic carbocycles. The number of aryl methyl sites for hydroxylation is 1. The topological polar surface area (TPSA) is 57.6 Å². The minimum Gasteiger partial charge on any atom is -0.392 e. The van der Waals surface area contributed by atoms with Gasteiger partial charge in [0.05, 0.1) is 11.0 Å². The van der Waals surface area contributed by atoms with Crippen LogP contribution in [-0.2, 0) is 16.4 Å². The SMILES string of the molecule is CCCc1ccc(S(=O)(=O)N2CCC(O)C2)cc1. The van der Waals surface area contributed by atoms with Gasteiger partial charge in [-0.1, -0.05) is 25.5 Å². The number of benzene rings is 1. The molecule has 18 heavy (non-hydrogen) atoms. The van der Waals surface area contributed by atoms with Gasteiger partial charge in [0.25, 0.3) is 0 Å². The number of β-amino-alcohol motifs (C(OH)–C–C–N with tert-alkyl or cyclic N) is 1. The Bertz CT molecular complexity index is 495. The zero-order valence-electron chi connectivity index (χ0n) is 10.5. The van der Waals surface area contributed by atoms with Gasteiger partial charge < -0.3 is 5.11 Å². The number of hydrogen-bond donors (Lipinski definition) is 1. The van der Waals surface area contributed by atoms with Crippen molar-refractivity contribution in [2.24, 2.45) is 0 Å². The Balaban J connectivity index is 2.19. The molecule has 1 atom stereocenters. The normalized spacial score (nSPS) is 21.3. The second kappa shape index (κ2) is 5.38. The molecule has 4 nitrogen and oxygen atoms in total. The molecular formula is C13H19NO3S. The van der Waals surface area contributed by atoms with Crippen LogP contribution in [0.5, 0.6) is 0 Å². The van der Waals surface area contributed by atoms with Crippen molar-refractivity contribution in [3.8, 4) is 0 Å². The average Bonchev–Trinajstić information content (AvgIpc) is 2.78. The van der Waals surface area contributed by atoms with Crippen LogP contribution < -0.4 is 0 Å². The van der Waals surface area contributed by atoms with Gasteiger partial charge in [0, 0.05) is 13.1 Å². The minimum atomic E-state index is -3.43. The van der Waals surface area contributed by atoms with Crippen molar-refractivity contribution < 1.29 is 13.5 Å². The van der Waals surface area contributed by atoms with Crippen molar-refractivity contribution in [1.29, 1.82) is 0 Å². The first-order valence-corrected chi connectivity index (χ1v) is 7.75. The van der Waals surface area contributed by atoms with E-state index in [1.807, 2.05) is 12.1 Å². The Labute approximate surface area is 108 Å². The van der Waals surface area contributed by atoms with E-state index in [1.165, 1.54) is 4.31 Å². The predicted octanol–water partition coefficient (Wildman–Crippen LogP) is 1.39. The summed E-state index contributed by atoms with van der Waals surface area (Å²) >= 11 is 0. The Kier molecular flexibility index (Phi) is 4.04. The molecule has 0 amide bonds. The molecule has 1 unspecified atom stereocenters. The van der Waals surface area contributed by atoms with Crippen LogP contribution in [0.3, 0.4) is 0 Å². The van der Waals surface area contributed by atoms with Crippen LogP contribution in [0.1, 0.15) is 25.3 Å². The third-order valence-electron chi connectivity index (χ3n) is 3.23. The van der Waals surface area contributed by atoms with E-state index in [1.54, 1.807) is 12.1 Å². The first-order valence-electron chi connectivity index (χ1n) is 6.31. The van der Waals surface area contributed by atoms with E-state index in [2.05, 4.69) is 6.92 Å². The molecule has 0 radical (unpaired) electrons. The van der Waals surface area contributed by atoms with E-state index in [0.29, 0.717) is 17.9 Å². The highest BCUT2D eigenvalue weighted by Crippen LogP contribution is 2.21. The molecule has 100 valence electrons. The fourth-order valence-corrected chi connectivity index (χ4v) is 3.69. The average molecular weight is 269 g/mol. The van der Waals surface area contributed by atoms with Crippen LogP contribution in [0.4, 0.5) is 0 Å². The number of hydrogen-bond acceptors (Lipinski definition) is 3. The van der Waals surface area contributed by atoms with Crippen molar-refractivity contribution in [3.63, 3.8) is 0 Å². The Morgan fingerprint density at radius 1 is 1.33 bits per heavy atom. The highest BCUT2D eigenvalue weighted by atomic mass is 32.2. The highest BCUT2D eigenvalue weighted by Gasteiger charge is 2.31. The molecule has 1 aliphatic heterocycles. The largest absolute Gasteiger partial charge is 0.392 e. The van der Waals surface area contributed by atoms with Gasteiger partial charge in [0.1, 0.15) is 0 Å². The lowest BCUT2D eigenvalue weighted by molar-refractivity contribution is 0.189. The molecule has 1 heterocycles. The predicted molar refractivity (Wildman–Crippen MR) is 69.8 cm³/mol. The van der Waals surface area contributed by atoms with Gasteiger partial charge in [-0.2, -0.15) is 4.31 Å². The summed E-state index contributed by atoms with van der Waals surface area (Å²) in [4.78, 5) is 0.316. The molecule has 1 N–H and O–H groups in total. The molecule has 0 aliphatic carbocycles. The van der Waals surface area contributed by atoms with Crippen molar-refractivity contribution >= 4 is 10.0 Å². The summed E-state index contributed by atoms with van der Waals surface area (Å²) in [6, 6.07) is 7.04. The van der Waals surface area contributed by atoms with Gasteiger partial charge in [0.2, 0.25) is 10.0 Å². The van der Waals surface area contributed by atoms with E-state index < -0.39 is 16.1 Å². The maximum absolute atomic E-state index is 12.3. The van der Waals surface area contributed by atoms with Crippen molar-refractivity contribution in [2.45, 2.75) is 37.2 Å². The second-order valence-corrected chi connectivity index (χ2v) is 6.64. The third-order valence-corrected chi connectivity index (χ3v) is 5.11. The molecule has 0 bridgehead atoms. The van der Waals surface area contributed by atoms with Crippen molar-refractivity contribution in [2.75, 3.05) is 13.1 Å². The summed E-state index contributed by atoms with van der Waals surface area (Å²) in [6.07, 6.45) is 2.00. The Morgan fingerprint density at radius 3 is 2.50 bits per heavy atom. The lowest BCUT2D eigenvalue weighted by Gasteiger charge is -2.15. The third kappa shape index (κ3) is 2.74. The summed E-state index contributed by atoms with van der Waals surface area (Å²) in [6.45, 7) is 2.70. The molecule has 0 spiro atoms. The van der Waals surface area contributed by atoms with Gasteiger partial charge in [-0.15, -0.1) is 0 Å².